The van der Waals surface area contributed by atoms with Gasteiger partial charge in [0, 0.05) is 22.4 Å². The van der Waals surface area contributed by atoms with Gasteiger partial charge in [0.25, 0.3) is 0 Å². The van der Waals surface area contributed by atoms with E-state index >= 15 is 0 Å². The highest BCUT2D eigenvalue weighted by atomic mass is 35.5. The van der Waals surface area contributed by atoms with Gasteiger partial charge in [-0.1, -0.05) is 37.9 Å². The number of hydrogen-bond acceptors (Lipinski definition) is 2. The minimum Gasteiger partial charge on any atom is -0.480 e. The topological polar surface area (TPSA) is 66.4 Å². The lowest BCUT2D eigenvalue weighted by atomic mass is 9.99. The molecule has 0 heterocycles. The lowest BCUT2D eigenvalue weighted by Gasteiger charge is -2.20. The molecule has 2 unspecified atom stereocenters. The minimum atomic E-state index is -1.05. The molecule has 22 heavy (non-hydrogen) atoms. The van der Waals surface area contributed by atoms with E-state index in [1.807, 2.05) is 6.92 Å². The quantitative estimate of drug-likeness (QED) is 0.843. The third kappa shape index (κ3) is 3.40. The zero-order valence-corrected chi connectivity index (χ0v) is 13.2. The number of carbonyl (C=O) groups is 2. The molecule has 120 valence electrons. The summed E-state index contributed by atoms with van der Waals surface area (Å²) >= 11 is 6.00. The van der Waals surface area contributed by atoms with E-state index in [2.05, 4.69) is 5.32 Å². The first-order valence-electron chi connectivity index (χ1n) is 7.33. The molecule has 1 aliphatic carbocycles. The van der Waals surface area contributed by atoms with Crippen LogP contribution in [0.4, 0.5) is 4.39 Å². The molecule has 1 aromatic carbocycles. The lowest BCUT2D eigenvalue weighted by Crippen LogP contribution is -2.45. The van der Waals surface area contributed by atoms with Gasteiger partial charge in [-0.15, -0.1) is 0 Å². The number of carbonyl (C=O) groups excluding carboxylic acids is 1. The Morgan fingerprint density at radius 1 is 1.50 bits per heavy atom. The average Bonchev–Trinajstić information content (AvgIpc) is 3.23. The van der Waals surface area contributed by atoms with Crippen molar-refractivity contribution in [3.05, 3.63) is 34.6 Å². The van der Waals surface area contributed by atoms with Crippen molar-refractivity contribution in [2.45, 2.75) is 38.6 Å². The molecule has 1 aromatic rings. The fourth-order valence-corrected chi connectivity index (χ4v) is 2.92. The second-order valence-electron chi connectivity index (χ2n) is 5.79. The van der Waals surface area contributed by atoms with Gasteiger partial charge in [0.2, 0.25) is 5.91 Å². The largest absolute Gasteiger partial charge is 0.480 e. The Labute approximate surface area is 133 Å². The van der Waals surface area contributed by atoms with Crippen LogP contribution in [0.3, 0.4) is 0 Å². The molecular formula is C16H19ClFNO3. The van der Waals surface area contributed by atoms with Gasteiger partial charge in [0.05, 0.1) is 0 Å². The van der Waals surface area contributed by atoms with Gasteiger partial charge >= 0.3 is 5.97 Å². The van der Waals surface area contributed by atoms with Gasteiger partial charge in [0.1, 0.15) is 11.9 Å². The van der Waals surface area contributed by atoms with Crippen LogP contribution in [-0.4, -0.2) is 23.0 Å². The second-order valence-corrected chi connectivity index (χ2v) is 6.20. The summed E-state index contributed by atoms with van der Waals surface area (Å²) in [6, 6.07) is 3.50. The van der Waals surface area contributed by atoms with Crippen LogP contribution in [0.1, 0.15) is 38.2 Å². The molecule has 0 aromatic heterocycles. The molecule has 4 atom stereocenters. The monoisotopic (exact) mass is 327 g/mol. The molecule has 4 nitrogen and oxygen atoms in total. The summed E-state index contributed by atoms with van der Waals surface area (Å²) in [6.07, 6.45) is 1.13. The number of benzene rings is 1. The second kappa shape index (κ2) is 6.65. The molecule has 0 bridgehead atoms. The normalized spacial score (nSPS) is 22.7. The Morgan fingerprint density at radius 3 is 2.73 bits per heavy atom. The minimum absolute atomic E-state index is 0.171. The number of carboxylic acids is 1. The number of amides is 1. The molecule has 0 radical (unpaired) electrons. The predicted octanol–water partition coefficient (Wildman–Crippen LogP) is 3.20. The van der Waals surface area contributed by atoms with Gasteiger partial charge in [-0.05, 0) is 24.5 Å². The summed E-state index contributed by atoms with van der Waals surface area (Å²) in [5.41, 5.74) is 0.347. The van der Waals surface area contributed by atoms with Crippen molar-refractivity contribution >= 4 is 23.5 Å². The van der Waals surface area contributed by atoms with Crippen molar-refractivity contribution in [1.29, 1.82) is 0 Å². The molecule has 1 fully saturated rings. The Bertz CT molecular complexity index is 573. The van der Waals surface area contributed by atoms with Crippen molar-refractivity contribution in [2.75, 3.05) is 0 Å². The van der Waals surface area contributed by atoms with Crippen LogP contribution < -0.4 is 5.32 Å². The van der Waals surface area contributed by atoms with E-state index < -0.39 is 23.7 Å². The van der Waals surface area contributed by atoms with Crippen LogP contribution >= 0.6 is 11.6 Å². The molecule has 6 heteroatoms. The van der Waals surface area contributed by atoms with Crippen molar-refractivity contribution in [3.8, 4) is 0 Å². The molecule has 0 saturated heterocycles. The lowest BCUT2D eigenvalue weighted by molar-refractivity contribution is -0.143. The standard InChI is InChI=1S/C16H19ClFNO3/c1-3-8(2)14(16(21)22)19-15(20)10-7-9(10)13-11(17)5-4-6-12(13)18/h4-6,8-10,14H,3,7H2,1-2H3,(H,19,20)(H,21,22)/t8-,9?,10?,14-/m0/s1. The molecule has 2 rings (SSSR count). The number of halogens is 2. The Kier molecular flexibility index (Phi) is 5.06. The van der Waals surface area contributed by atoms with E-state index in [9.17, 15) is 19.1 Å². The highest BCUT2D eigenvalue weighted by Crippen LogP contribution is 2.50. The van der Waals surface area contributed by atoms with Crippen LogP contribution in [-0.2, 0) is 9.59 Å². The van der Waals surface area contributed by atoms with Gasteiger partial charge in [-0.3, -0.25) is 4.79 Å². The molecule has 1 amide bonds. The van der Waals surface area contributed by atoms with Crippen LogP contribution in [0.15, 0.2) is 18.2 Å². The fraction of sp³-hybridized carbons (Fsp3) is 0.500. The van der Waals surface area contributed by atoms with Gasteiger partial charge in [-0.25, -0.2) is 9.18 Å². The molecular weight excluding hydrogens is 309 g/mol. The SMILES string of the molecule is CC[C@H](C)[C@H](NC(=O)C1CC1c1c(F)cccc1Cl)C(=O)O. The number of rotatable bonds is 6. The van der Waals surface area contributed by atoms with Crippen molar-refractivity contribution < 1.29 is 19.1 Å². The highest BCUT2D eigenvalue weighted by molar-refractivity contribution is 6.31. The van der Waals surface area contributed by atoms with Crippen LogP contribution in [0.25, 0.3) is 0 Å². The first-order valence-corrected chi connectivity index (χ1v) is 7.71. The zero-order chi connectivity index (χ0) is 16.4. The van der Waals surface area contributed by atoms with E-state index in [1.165, 1.54) is 12.1 Å². The van der Waals surface area contributed by atoms with Crippen molar-refractivity contribution in [2.24, 2.45) is 11.8 Å². The van der Waals surface area contributed by atoms with Crippen LogP contribution in [0.5, 0.6) is 0 Å². The molecule has 1 aliphatic rings. The van der Waals surface area contributed by atoms with Crippen LogP contribution in [0.2, 0.25) is 5.02 Å². The third-order valence-corrected chi connectivity index (χ3v) is 4.60. The average molecular weight is 328 g/mol. The molecule has 1 saturated carbocycles. The zero-order valence-electron chi connectivity index (χ0n) is 12.5. The maximum Gasteiger partial charge on any atom is 0.326 e. The van der Waals surface area contributed by atoms with E-state index in [0.29, 0.717) is 23.4 Å². The molecule has 2 N–H and O–H groups in total. The van der Waals surface area contributed by atoms with E-state index in [4.69, 9.17) is 11.6 Å². The summed E-state index contributed by atoms with van der Waals surface area (Å²) in [5, 5.41) is 12.1. The summed E-state index contributed by atoms with van der Waals surface area (Å²) in [5.74, 6) is -2.69. The number of carboxylic acid groups (broad SMARTS) is 1. The number of aliphatic carboxylic acids is 1. The van der Waals surface area contributed by atoms with Gasteiger partial charge in [0.15, 0.2) is 0 Å². The summed E-state index contributed by atoms with van der Waals surface area (Å²) in [4.78, 5) is 23.4. The van der Waals surface area contributed by atoms with Gasteiger partial charge in [-0.2, -0.15) is 0 Å². The van der Waals surface area contributed by atoms with E-state index in [1.54, 1.807) is 13.0 Å². The maximum absolute atomic E-state index is 13.8. The molecule has 0 aliphatic heterocycles. The Hall–Kier alpha value is -1.62. The first-order chi connectivity index (χ1) is 10.4. The van der Waals surface area contributed by atoms with Gasteiger partial charge < -0.3 is 10.4 Å². The predicted molar refractivity (Wildman–Crippen MR) is 81.3 cm³/mol. The fourth-order valence-electron chi connectivity index (χ4n) is 2.61. The van der Waals surface area contributed by atoms with E-state index in [-0.39, 0.29) is 17.7 Å². The smallest absolute Gasteiger partial charge is 0.326 e. The van der Waals surface area contributed by atoms with E-state index in [0.717, 1.165) is 0 Å². The number of nitrogens with one attached hydrogen (secondary N) is 1. The summed E-state index contributed by atoms with van der Waals surface area (Å²) in [6.45, 7) is 3.64. The highest BCUT2D eigenvalue weighted by Gasteiger charge is 2.47. The Balaban J connectivity index is 2.06. The molecule has 0 spiro atoms. The maximum atomic E-state index is 13.8. The first kappa shape index (κ1) is 16.7. The third-order valence-electron chi connectivity index (χ3n) is 4.27. The Morgan fingerprint density at radius 2 is 2.18 bits per heavy atom. The summed E-state index contributed by atoms with van der Waals surface area (Å²) in [7, 11) is 0. The van der Waals surface area contributed by atoms with Crippen LogP contribution in [0, 0.1) is 17.7 Å². The summed E-state index contributed by atoms with van der Waals surface area (Å²) < 4.78 is 13.8. The van der Waals surface area contributed by atoms with Crippen molar-refractivity contribution in [1.82, 2.24) is 5.32 Å². The number of hydrogen-bond donors (Lipinski definition) is 2. The van der Waals surface area contributed by atoms with Crippen molar-refractivity contribution in [3.63, 3.8) is 0 Å².